The molecule has 1 aliphatic carbocycles. The van der Waals surface area contributed by atoms with Crippen LogP contribution in [0.1, 0.15) is 18.9 Å². The molecule has 84 valence electrons. The highest BCUT2D eigenvalue weighted by molar-refractivity contribution is 5.40. The first kappa shape index (κ1) is 11.2. The Kier molecular flexibility index (Phi) is 3.25. The van der Waals surface area contributed by atoms with Gasteiger partial charge in [0.05, 0.1) is 0 Å². The molecule has 1 aliphatic rings. The molecule has 0 amide bonds. The van der Waals surface area contributed by atoms with Crippen LogP contribution in [0.4, 0.5) is 0 Å². The van der Waals surface area contributed by atoms with Gasteiger partial charge in [0.2, 0.25) is 0 Å². The third kappa shape index (κ3) is 1.83. The Morgan fingerprint density at radius 1 is 1.19 bits per heavy atom. The second-order valence-corrected chi connectivity index (χ2v) is 4.48. The second-order valence-electron chi connectivity index (χ2n) is 4.48. The molecule has 0 saturated carbocycles. The maximum Gasteiger partial charge on any atom is 0.0349 e. The van der Waals surface area contributed by atoms with Gasteiger partial charge >= 0.3 is 0 Å². The Balaban J connectivity index is 2.47. The normalized spacial score (nSPS) is 19.6. The maximum atomic E-state index is 5.86. The van der Waals surface area contributed by atoms with Gasteiger partial charge in [-0.1, -0.05) is 61.6 Å². The van der Waals surface area contributed by atoms with Gasteiger partial charge in [0.1, 0.15) is 0 Å². The monoisotopic (exact) mass is 213 g/mol. The minimum atomic E-state index is -0.00569. The molecule has 0 spiro atoms. The fraction of sp³-hybridized carbons (Fsp3) is 0.333. The van der Waals surface area contributed by atoms with Crippen molar-refractivity contribution in [1.82, 2.24) is 0 Å². The number of nitrogens with two attached hydrogens (primary N) is 1. The summed E-state index contributed by atoms with van der Waals surface area (Å²) in [4.78, 5) is 0. The van der Waals surface area contributed by atoms with E-state index < -0.39 is 0 Å². The lowest BCUT2D eigenvalue weighted by atomic mass is 9.69. The molecule has 0 bridgehead atoms. The molecule has 1 heteroatoms. The molecule has 1 nitrogen and oxygen atoms in total. The van der Waals surface area contributed by atoms with Gasteiger partial charge in [0, 0.05) is 5.41 Å². The molecule has 2 rings (SSSR count). The lowest BCUT2D eigenvalue weighted by Gasteiger charge is -2.35. The first-order valence-electron chi connectivity index (χ1n) is 5.90. The summed E-state index contributed by atoms with van der Waals surface area (Å²) in [5.41, 5.74) is 7.19. The van der Waals surface area contributed by atoms with Crippen LogP contribution < -0.4 is 5.73 Å². The lowest BCUT2D eigenvalue weighted by Crippen LogP contribution is -2.35. The molecule has 0 aromatic heterocycles. The first-order valence-corrected chi connectivity index (χ1v) is 5.90. The van der Waals surface area contributed by atoms with E-state index in [-0.39, 0.29) is 5.41 Å². The molecular formula is C15H19N. The Bertz CT molecular complexity index is 377. The number of hydrogen-bond donors (Lipinski definition) is 1. The summed E-state index contributed by atoms with van der Waals surface area (Å²) in [5, 5.41) is 0. The van der Waals surface area contributed by atoms with Crippen molar-refractivity contribution in [1.29, 1.82) is 0 Å². The fourth-order valence-electron chi connectivity index (χ4n) is 2.39. The minimum Gasteiger partial charge on any atom is -0.330 e. The van der Waals surface area contributed by atoms with Gasteiger partial charge in [-0.15, -0.1) is 0 Å². The van der Waals surface area contributed by atoms with Crippen molar-refractivity contribution >= 4 is 0 Å². The van der Waals surface area contributed by atoms with Gasteiger partial charge in [0.25, 0.3) is 0 Å². The average molecular weight is 213 g/mol. The second kappa shape index (κ2) is 4.67. The Hall–Kier alpha value is -1.34. The van der Waals surface area contributed by atoms with Crippen molar-refractivity contribution < 1.29 is 0 Å². The third-order valence-electron chi connectivity index (χ3n) is 3.50. The Morgan fingerprint density at radius 3 is 2.38 bits per heavy atom. The van der Waals surface area contributed by atoms with Gasteiger partial charge in [-0.25, -0.2) is 0 Å². The summed E-state index contributed by atoms with van der Waals surface area (Å²) in [5.74, 6) is 0.419. The van der Waals surface area contributed by atoms with Gasteiger partial charge < -0.3 is 5.73 Å². The van der Waals surface area contributed by atoms with E-state index in [1.165, 1.54) is 5.56 Å². The predicted octanol–water partition coefficient (Wildman–Crippen LogP) is 3.04. The van der Waals surface area contributed by atoms with Crippen LogP contribution in [-0.4, -0.2) is 6.54 Å². The number of rotatable bonds is 3. The van der Waals surface area contributed by atoms with Crippen LogP contribution in [0.3, 0.4) is 0 Å². The van der Waals surface area contributed by atoms with E-state index in [2.05, 4.69) is 61.6 Å². The zero-order chi connectivity index (χ0) is 11.4. The lowest BCUT2D eigenvalue weighted by molar-refractivity contribution is 0.435. The molecular weight excluding hydrogens is 194 g/mol. The summed E-state index contributed by atoms with van der Waals surface area (Å²) < 4.78 is 0. The SMILES string of the molecule is CC(CN)C1(c2ccccc2)C=CCC=C1. The molecule has 0 fully saturated rings. The molecule has 0 heterocycles. The minimum absolute atomic E-state index is 0.00569. The van der Waals surface area contributed by atoms with Crippen LogP contribution in [0.2, 0.25) is 0 Å². The highest BCUT2D eigenvalue weighted by atomic mass is 14.6. The molecule has 1 unspecified atom stereocenters. The molecule has 0 radical (unpaired) electrons. The van der Waals surface area contributed by atoms with E-state index in [0.29, 0.717) is 12.5 Å². The van der Waals surface area contributed by atoms with Crippen LogP contribution in [0.5, 0.6) is 0 Å². The highest BCUT2D eigenvalue weighted by Gasteiger charge is 2.32. The topological polar surface area (TPSA) is 26.0 Å². The van der Waals surface area contributed by atoms with Gasteiger partial charge in [-0.05, 0) is 24.4 Å². The maximum absolute atomic E-state index is 5.86. The van der Waals surface area contributed by atoms with Crippen LogP contribution in [0.25, 0.3) is 0 Å². The zero-order valence-electron chi connectivity index (χ0n) is 9.77. The van der Waals surface area contributed by atoms with E-state index in [1.54, 1.807) is 0 Å². The fourth-order valence-corrected chi connectivity index (χ4v) is 2.39. The van der Waals surface area contributed by atoms with Crippen LogP contribution in [0, 0.1) is 5.92 Å². The molecule has 0 saturated heterocycles. The van der Waals surface area contributed by atoms with Crippen molar-refractivity contribution in [3.63, 3.8) is 0 Å². The van der Waals surface area contributed by atoms with Crippen molar-refractivity contribution in [2.24, 2.45) is 11.7 Å². The van der Waals surface area contributed by atoms with Crippen LogP contribution >= 0.6 is 0 Å². The van der Waals surface area contributed by atoms with E-state index in [4.69, 9.17) is 5.73 Å². The van der Waals surface area contributed by atoms with E-state index in [1.807, 2.05) is 0 Å². The van der Waals surface area contributed by atoms with Gasteiger partial charge in [-0.2, -0.15) is 0 Å². The van der Waals surface area contributed by atoms with Crippen molar-refractivity contribution in [3.05, 3.63) is 60.2 Å². The number of hydrogen-bond acceptors (Lipinski definition) is 1. The molecule has 1 aromatic carbocycles. The van der Waals surface area contributed by atoms with E-state index in [9.17, 15) is 0 Å². The summed E-state index contributed by atoms with van der Waals surface area (Å²) in [7, 11) is 0. The van der Waals surface area contributed by atoms with Crippen molar-refractivity contribution in [2.75, 3.05) is 6.54 Å². The standard InChI is InChI=1S/C15H19N/c1-13(12-16)15(10-6-3-7-11-15)14-8-4-2-5-9-14/h2,4-11,13H,3,12,16H2,1H3. The zero-order valence-corrected chi connectivity index (χ0v) is 9.77. The van der Waals surface area contributed by atoms with Crippen LogP contribution in [0.15, 0.2) is 54.6 Å². The van der Waals surface area contributed by atoms with Gasteiger partial charge in [0.15, 0.2) is 0 Å². The van der Waals surface area contributed by atoms with Crippen molar-refractivity contribution in [2.45, 2.75) is 18.8 Å². The third-order valence-corrected chi connectivity index (χ3v) is 3.50. The largest absolute Gasteiger partial charge is 0.330 e. The van der Waals surface area contributed by atoms with Crippen molar-refractivity contribution in [3.8, 4) is 0 Å². The molecule has 0 aliphatic heterocycles. The van der Waals surface area contributed by atoms with E-state index in [0.717, 1.165) is 6.42 Å². The summed E-state index contributed by atoms with van der Waals surface area (Å²) in [6.45, 7) is 2.91. The molecule has 1 atom stereocenters. The average Bonchev–Trinajstić information content (AvgIpc) is 2.39. The summed E-state index contributed by atoms with van der Waals surface area (Å²) >= 11 is 0. The molecule has 16 heavy (non-hydrogen) atoms. The Labute approximate surface area is 97.7 Å². The highest BCUT2D eigenvalue weighted by Crippen LogP contribution is 2.37. The molecule has 1 aromatic rings. The van der Waals surface area contributed by atoms with E-state index >= 15 is 0 Å². The number of allylic oxidation sites excluding steroid dienone is 4. The quantitative estimate of drug-likeness (QED) is 0.767. The summed E-state index contributed by atoms with van der Waals surface area (Å²) in [6.07, 6.45) is 10.1. The predicted molar refractivity (Wildman–Crippen MR) is 69.2 cm³/mol. The number of benzene rings is 1. The van der Waals surface area contributed by atoms with Crippen LogP contribution in [-0.2, 0) is 5.41 Å². The molecule has 2 N–H and O–H groups in total. The Morgan fingerprint density at radius 2 is 1.81 bits per heavy atom. The first-order chi connectivity index (χ1) is 7.79. The smallest absolute Gasteiger partial charge is 0.0349 e. The van der Waals surface area contributed by atoms with Gasteiger partial charge in [-0.3, -0.25) is 0 Å². The summed E-state index contributed by atoms with van der Waals surface area (Å²) in [6, 6.07) is 10.6.